The minimum atomic E-state index is -0.297. The van der Waals surface area contributed by atoms with E-state index in [4.69, 9.17) is 0 Å². The van der Waals surface area contributed by atoms with E-state index in [9.17, 15) is 15.0 Å². The molecule has 0 aliphatic carbocycles. The van der Waals surface area contributed by atoms with E-state index >= 15 is 0 Å². The van der Waals surface area contributed by atoms with Gasteiger partial charge < -0.3 is 20.2 Å². The summed E-state index contributed by atoms with van der Waals surface area (Å²) in [6.07, 6.45) is 0.402. The van der Waals surface area contributed by atoms with Gasteiger partial charge in [0.1, 0.15) is 17.1 Å². The normalized spacial score (nSPS) is 16.7. The van der Waals surface area contributed by atoms with Crippen LogP contribution >= 0.6 is 0 Å². The average Bonchev–Trinajstić information content (AvgIpc) is 3.10. The number of nitrogens with zero attached hydrogens (tertiary/aromatic N) is 2. The minimum Gasteiger partial charge on any atom is -0.508 e. The standard InChI is InChI=1S/C19H17N3O3/c1-22-15-8-4-2-7-12(15)18(24)17(19(22)25)14-10-13(20-21-14)11-6-3-5-9-16(11)23/h2-9,13,20,23-24H,10H2,1H3/t13-/m1/s1. The van der Waals surface area contributed by atoms with E-state index in [1.807, 2.05) is 24.3 Å². The van der Waals surface area contributed by atoms with Crippen LogP contribution < -0.4 is 11.0 Å². The second-order valence-electron chi connectivity index (χ2n) is 6.11. The molecule has 6 nitrogen and oxygen atoms in total. The highest BCUT2D eigenvalue weighted by atomic mass is 16.3. The van der Waals surface area contributed by atoms with Gasteiger partial charge in [-0.15, -0.1) is 0 Å². The Morgan fingerprint density at radius 2 is 1.84 bits per heavy atom. The zero-order valence-electron chi connectivity index (χ0n) is 13.6. The number of phenols is 1. The largest absolute Gasteiger partial charge is 0.508 e. The molecular weight excluding hydrogens is 318 g/mol. The topological polar surface area (TPSA) is 86.9 Å². The third kappa shape index (κ3) is 2.34. The number of benzene rings is 2. The average molecular weight is 335 g/mol. The van der Waals surface area contributed by atoms with Gasteiger partial charge in [0.2, 0.25) is 0 Å². The molecule has 2 aromatic carbocycles. The lowest BCUT2D eigenvalue weighted by Crippen LogP contribution is -2.24. The summed E-state index contributed by atoms with van der Waals surface area (Å²) in [7, 11) is 1.68. The Morgan fingerprint density at radius 1 is 1.12 bits per heavy atom. The first-order valence-electron chi connectivity index (χ1n) is 7.99. The Labute approximate surface area is 143 Å². The minimum absolute atomic E-state index is 0.0582. The van der Waals surface area contributed by atoms with E-state index in [1.165, 1.54) is 4.57 Å². The molecule has 0 spiro atoms. The van der Waals surface area contributed by atoms with Crippen LogP contribution in [0, 0.1) is 0 Å². The zero-order valence-corrected chi connectivity index (χ0v) is 13.6. The Kier molecular flexibility index (Phi) is 3.46. The SMILES string of the molecule is Cn1c(=O)c(C2=NN[C@@H](c3ccccc3O)C2)c(O)c2ccccc21. The van der Waals surface area contributed by atoms with Crippen LogP contribution in [0.15, 0.2) is 58.4 Å². The van der Waals surface area contributed by atoms with Crippen molar-refractivity contribution in [3.05, 3.63) is 70.0 Å². The second-order valence-corrected chi connectivity index (χ2v) is 6.11. The third-order valence-corrected chi connectivity index (χ3v) is 4.63. The number of hydrazone groups is 1. The highest BCUT2D eigenvalue weighted by Crippen LogP contribution is 2.33. The van der Waals surface area contributed by atoms with Crippen LogP contribution in [0.5, 0.6) is 11.5 Å². The molecule has 0 radical (unpaired) electrons. The van der Waals surface area contributed by atoms with Crippen molar-refractivity contribution in [3.8, 4) is 11.5 Å². The number of aromatic hydroxyl groups is 2. The van der Waals surface area contributed by atoms with Crippen LogP contribution in [-0.2, 0) is 7.05 Å². The Balaban J connectivity index is 1.79. The summed E-state index contributed by atoms with van der Waals surface area (Å²) in [5, 5.41) is 25.5. The van der Waals surface area contributed by atoms with Gasteiger partial charge in [0, 0.05) is 24.4 Å². The first-order chi connectivity index (χ1) is 12.1. The molecule has 0 bridgehead atoms. The molecule has 4 rings (SSSR count). The first-order valence-corrected chi connectivity index (χ1v) is 7.99. The highest BCUT2D eigenvalue weighted by Gasteiger charge is 2.28. The predicted octanol–water partition coefficient (Wildman–Crippen LogP) is 2.39. The van der Waals surface area contributed by atoms with Gasteiger partial charge in [0.05, 0.1) is 17.3 Å². The molecule has 0 fully saturated rings. The quantitative estimate of drug-likeness (QED) is 0.671. The molecular formula is C19H17N3O3. The van der Waals surface area contributed by atoms with Gasteiger partial charge >= 0.3 is 0 Å². The van der Waals surface area contributed by atoms with Gasteiger partial charge in [-0.2, -0.15) is 5.10 Å². The lowest BCUT2D eigenvalue weighted by Gasteiger charge is -2.13. The summed E-state index contributed by atoms with van der Waals surface area (Å²) in [5.74, 6) is 0.115. The maximum atomic E-state index is 12.7. The number of fused-ring (bicyclic) bond motifs is 1. The van der Waals surface area contributed by atoms with Crippen molar-refractivity contribution >= 4 is 16.6 Å². The molecule has 0 saturated carbocycles. The van der Waals surface area contributed by atoms with E-state index in [0.29, 0.717) is 28.6 Å². The smallest absolute Gasteiger partial charge is 0.263 e. The Morgan fingerprint density at radius 3 is 2.64 bits per heavy atom. The van der Waals surface area contributed by atoms with Crippen LogP contribution in [0.3, 0.4) is 0 Å². The van der Waals surface area contributed by atoms with Gasteiger partial charge in [-0.3, -0.25) is 4.79 Å². The molecule has 126 valence electrons. The third-order valence-electron chi connectivity index (χ3n) is 4.63. The summed E-state index contributed by atoms with van der Waals surface area (Å²) in [4.78, 5) is 12.7. The molecule has 0 unspecified atom stereocenters. The van der Waals surface area contributed by atoms with Gasteiger partial charge in [-0.1, -0.05) is 30.3 Å². The number of phenolic OH excluding ortho intramolecular Hbond substituents is 1. The molecule has 3 N–H and O–H groups in total. The summed E-state index contributed by atoms with van der Waals surface area (Å²) in [6.45, 7) is 0. The molecule has 0 amide bonds. The first kappa shape index (κ1) is 15.3. The monoisotopic (exact) mass is 335 g/mol. The van der Waals surface area contributed by atoms with Crippen molar-refractivity contribution in [3.63, 3.8) is 0 Å². The number of hydrogen-bond acceptors (Lipinski definition) is 5. The van der Waals surface area contributed by atoms with Gasteiger partial charge in [-0.05, 0) is 18.2 Å². The molecule has 1 aromatic heterocycles. The van der Waals surface area contributed by atoms with E-state index in [2.05, 4.69) is 10.5 Å². The maximum Gasteiger partial charge on any atom is 0.263 e. The zero-order chi connectivity index (χ0) is 17.6. The number of aromatic nitrogens is 1. The van der Waals surface area contributed by atoms with Crippen molar-refractivity contribution in [2.24, 2.45) is 12.1 Å². The number of hydrogen-bond donors (Lipinski definition) is 3. The van der Waals surface area contributed by atoms with Crippen LogP contribution in [0.25, 0.3) is 10.9 Å². The molecule has 3 aromatic rings. The molecule has 2 heterocycles. The fourth-order valence-electron chi connectivity index (χ4n) is 3.30. The number of rotatable bonds is 2. The molecule has 1 aliphatic heterocycles. The number of aryl methyl sites for hydroxylation is 1. The van der Waals surface area contributed by atoms with E-state index in [0.717, 1.165) is 0 Å². The summed E-state index contributed by atoms with van der Waals surface area (Å²) < 4.78 is 1.51. The van der Waals surface area contributed by atoms with Crippen molar-refractivity contribution in [2.45, 2.75) is 12.5 Å². The van der Waals surface area contributed by atoms with Crippen molar-refractivity contribution in [1.29, 1.82) is 0 Å². The van der Waals surface area contributed by atoms with Crippen LogP contribution in [-0.4, -0.2) is 20.5 Å². The fraction of sp³-hybridized carbons (Fsp3) is 0.158. The lowest BCUT2D eigenvalue weighted by atomic mass is 9.97. The summed E-state index contributed by atoms with van der Waals surface area (Å²) in [6, 6.07) is 14.0. The van der Waals surface area contributed by atoms with Crippen LogP contribution in [0.4, 0.5) is 0 Å². The highest BCUT2D eigenvalue weighted by molar-refractivity contribution is 6.07. The molecule has 25 heavy (non-hydrogen) atoms. The number of pyridine rings is 1. The van der Waals surface area contributed by atoms with Gasteiger partial charge in [0.25, 0.3) is 5.56 Å². The fourth-order valence-corrected chi connectivity index (χ4v) is 3.30. The van der Waals surface area contributed by atoms with E-state index in [-0.39, 0.29) is 28.7 Å². The van der Waals surface area contributed by atoms with Gasteiger partial charge in [-0.25, -0.2) is 0 Å². The van der Waals surface area contributed by atoms with Crippen molar-refractivity contribution < 1.29 is 10.2 Å². The number of para-hydroxylation sites is 2. The Hall–Kier alpha value is -3.28. The second kappa shape index (κ2) is 5.66. The van der Waals surface area contributed by atoms with Gasteiger partial charge in [0.15, 0.2) is 0 Å². The van der Waals surface area contributed by atoms with Crippen LogP contribution in [0.1, 0.15) is 23.6 Å². The van der Waals surface area contributed by atoms with E-state index in [1.54, 1.807) is 31.3 Å². The summed E-state index contributed by atoms with van der Waals surface area (Å²) in [5.41, 5.74) is 4.71. The lowest BCUT2D eigenvalue weighted by molar-refractivity contribution is 0.455. The predicted molar refractivity (Wildman–Crippen MR) is 96.0 cm³/mol. The number of nitrogens with one attached hydrogen (secondary N) is 1. The Bertz CT molecular complexity index is 1070. The van der Waals surface area contributed by atoms with Crippen molar-refractivity contribution in [2.75, 3.05) is 0 Å². The van der Waals surface area contributed by atoms with E-state index < -0.39 is 0 Å². The molecule has 0 saturated heterocycles. The van der Waals surface area contributed by atoms with Crippen molar-refractivity contribution in [1.82, 2.24) is 9.99 Å². The molecule has 1 aliphatic rings. The molecule has 1 atom stereocenters. The molecule has 6 heteroatoms. The summed E-state index contributed by atoms with van der Waals surface area (Å²) >= 11 is 0. The van der Waals surface area contributed by atoms with Crippen LogP contribution in [0.2, 0.25) is 0 Å². The maximum absolute atomic E-state index is 12.7.